The average molecular weight is 395 g/mol. The van der Waals surface area contributed by atoms with E-state index in [1.807, 2.05) is 42.1 Å². The number of hydrogen-bond acceptors (Lipinski definition) is 4. The highest BCUT2D eigenvalue weighted by Gasteiger charge is 2.20. The van der Waals surface area contributed by atoms with Gasteiger partial charge in [0.25, 0.3) is 0 Å². The number of methoxy groups -OCH3 is 2. The first kappa shape index (κ1) is 20.1. The van der Waals surface area contributed by atoms with Gasteiger partial charge in [-0.25, -0.2) is 9.37 Å². The molecule has 0 radical (unpaired) electrons. The van der Waals surface area contributed by atoms with Crippen LogP contribution in [0.1, 0.15) is 23.0 Å². The number of nitrogens with one attached hydrogen (secondary N) is 1. The third-order valence-electron chi connectivity index (χ3n) is 4.43. The molecule has 7 heteroatoms. The van der Waals surface area contributed by atoms with Crippen LogP contribution in [0.25, 0.3) is 6.08 Å². The highest BCUT2D eigenvalue weighted by atomic mass is 19.1. The van der Waals surface area contributed by atoms with Crippen molar-refractivity contribution in [2.24, 2.45) is 7.05 Å². The molecule has 0 saturated carbocycles. The Morgan fingerprint density at radius 1 is 1.21 bits per heavy atom. The Hall–Kier alpha value is -3.61. The lowest BCUT2D eigenvalue weighted by atomic mass is 10.1. The Labute approximate surface area is 168 Å². The lowest BCUT2D eigenvalue weighted by Crippen LogP contribution is -2.29. The maximum atomic E-state index is 13.8. The molecule has 150 valence electrons. The van der Waals surface area contributed by atoms with Gasteiger partial charge in [-0.3, -0.25) is 4.79 Å². The second-order valence-electron chi connectivity index (χ2n) is 6.34. The molecule has 1 atom stereocenters. The van der Waals surface area contributed by atoms with Gasteiger partial charge >= 0.3 is 0 Å². The van der Waals surface area contributed by atoms with E-state index >= 15 is 0 Å². The first-order valence-corrected chi connectivity index (χ1v) is 8.95. The van der Waals surface area contributed by atoms with Gasteiger partial charge in [-0.05, 0) is 41.5 Å². The summed E-state index contributed by atoms with van der Waals surface area (Å²) in [5.41, 5.74) is 1.38. The van der Waals surface area contributed by atoms with Crippen molar-refractivity contribution in [1.29, 1.82) is 0 Å². The summed E-state index contributed by atoms with van der Waals surface area (Å²) in [6, 6.07) is 11.4. The molecule has 1 amide bonds. The molecule has 0 bridgehead atoms. The van der Waals surface area contributed by atoms with Gasteiger partial charge in [-0.1, -0.05) is 18.2 Å². The minimum Gasteiger partial charge on any atom is -0.497 e. The molecule has 3 rings (SSSR count). The molecule has 29 heavy (non-hydrogen) atoms. The Balaban J connectivity index is 1.83. The van der Waals surface area contributed by atoms with Gasteiger partial charge < -0.3 is 19.4 Å². The zero-order valence-corrected chi connectivity index (χ0v) is 16.4. The average Bonchev–Trinajstić information content (AvgIpc) is 3.16. The zero-order chi connectivity index (χ0) is 20.8. The molecule has 2 aromatic carbocycles. The molecule has 0 aliphatic carbocycles. The van der Waals surface area contributed by atoms with Gasteiger partial charge in [0.15, 0.2) is 11.6 Å². The number of imidazole rings is 1. The van der Waals surface area contributed by atoms with E-state index in [4.69, 9.17) is 9.47 Å². The van der Waals surface area contributed by atoms with Crippen LogP contribution in [-0.2, 0) is 11.8 Å². The number of nitrogens with zero attached hydrogens (tertiary/aromatic N) is 2. The third kappa shape index (κ3) is 4.82. The van der Waals surface area contributed by atoms with Crippen LogP contribution in [0, 0.1) is 5.82 Å². The number of aromatic nitrogens is 2. The summed E-state index contributed by atoms with van der Waals surface area (Å²) >= 11 is 0. The number of aryl methyl sites for hydroxylation is 1. The highest BCUT2D eigenvalue weighted by molar-refractivity contribution is 5.92. The number of ether oxygens (including phenoxy) is 2. The van der Waals surface area contributed by atoms with Crippen LogP contribution in [0.4, 0.5) is 4.39 Å². The number of carbonyl (C=O) groups excluding carboxylic acids is 1. The Morgan fingerprint density at radius 2 is 2.03 bits per heavy atom. The van der Waals surface area contributed by atoms with Crippen LogP contribution in [0.3, 0.4) is 0 Å². The summed E-state index contributed by atoms with van der Waals surface area (Å²) in [5, 5.41) is 2.95. The quantitative estimate of drug-likeness (QED) is 0.622. The SMILES string of the molecule is COc1cccc(C(NC(=O)/C=C/c2ccc(OC)c(F)c2)c2nccn2C)c1. The molecule has 0 fully saturated rings. The van der Waals surface area contributed by atoms with Gasteiger partial charge in [-0.2, -0.15) is 0 Å². The topological polar surface area (TPSA) is 65.4 Å². The lowest BCUT2D eigenvalue weighted by molar-refractivity contribution is -0.117. The summed E-state index contributed by atoms with van der Waals surface area (Å²) < 4.78 is 25.9. The monoisotopic (exact) mass is 395 g/mol. The van der Waals surface area contributed by atoms with Crippen molar-refractivity contribution in [1.82, 2.24) is 14.9 Å². The molecule has 1 unspecified atom stereocenters. The van der Waals surface area contributed by atoms with Crippen molar-refractivity contribution in [3.05, 3.63) is 83.7 Å². The van der Waals surface area contributed by atoms with Gasteiger partial charge in [0, 0.05) is 25.5 Å². The predicted molar refractivity (Wildman–Crippen MR) is 108 cm³/mol. The summed E-state index contributed by atoms with van der Waals surface area (Å²) in [6.07, 6.45) is 6.38. The number of rotatable bonds is 7. The Bertz CT molecular complexity index is 1030. The van der Waals surface area contributed by atoms with E-state index in [9.17, 15) is 9.18 Å². The van der Waals surface area contributed by atoms with Gasteiger partial charge in [0.05, 0.1) is 14.2 Å². The number of halogens is 1. The lowest BCUT2D eigenvalue weighted by Gasteiger charge is -2.19. The van der Waals surface area contributed by atoms with Crippen molar-refractivity contribution in [2.45, 2.75) is 6.04 Å². The molecule has 1 aromatic heterocycles. The molecule has 0 aliphatic rings. The summed E-state index contributed by atoms with van der Waals surface area (Å²) in [4.78, 5) is 17.0. The fourth-order valence-corrected chi connectivity index (χ4v) is 2.92. The normalized spacial score (nSPS) is 12.0. The van der Waals surface area contributed by atoms with Crippen LogP contribution in [0.2, 0.25) is 0 Å². The van der Waals surface area contributed by atoms with E-state index in [1.165, 1.54) is 25.3 Å². The molecular formula is C22H22FN3O3. The van der Waals surface area contributed by atoms with E-state index in [0.717, 1.165) is 5.56 Å². The van der Waals surface area contributed by atoms with Crippen LogP contribution < -0.4 is 14.8 Å². The minimum absolute atomic E-state index is 0.152. The first-order chi connectivity index (χ1) is 14.0. The summed E-state index contributed by atoms with van der Waals surface area (Å²) in [7, 11) is 4.85. The Morgan fingerprint density at radius 3 is 2.69 bits per heavy atom. The van der Waals surface area contributed by atoms with E-state index in [2.05, 4.69) is 10.3 Å². The van der Waals surface area contributed by atoms with Crippen molar-refractivity contribution >= 4 is 12.0 Å². The van der Waals surface area contributed by atoms with Crippen LogP contribution >= 0.6 is 0 Å². The fraction of sp³-hybridized carbons (Fsp3) is 0.182. The van der Waals surface area contributed by atoms with Gasteiger partial charge in [0.2, 0.25) is 5.91 Å². The van der Waals surface area contributed by atoms with Gasteiger partial charge in [-0.15, -0.1) is 0 Å². The molecule has 1 N–H and O–H groups in total. The van der Waals surface area contributed by atoms with Gasteiger partial charge in [0.1, 0.15) is 17.6 Å². The minimum atomic E-state index is -0.489. The van der Waals surface area contributed by atoms with Crippen LogP contribution in [0.5, 0.6) is 11.5 Å². The van der Waals surface area contributed by atoms with Crippen LogP contribution in [-0.4, -0.2) is 29.7 Å². The summed E-state index contributed by atoms with van der Waals surface area (Å²) in [5.74, 6) is 0.685. The third-order valence-corrected chi connectivity index (χ3v) is 4.43. The molecule has 0 spiro atoms. The molecule has 3 aromatic rings. The predicted octanol–water partition coefficient (Wildman–Crippen LogP) is 3.50. The summed E-state index contributed by atoms with van der Waals surface area (Å²) in [6.45, 7) is 0. The van der Waals surface area contributed by atoms with Crippen molar-refractivity contribution in [2.75, 3.05) is 14.2 Å². The molecule has 6 nitrogen and oxygen atoms in total. The van der Waals surface area contributed by atoms with E-state index in [-0.39, 0.29) is 11.7 Å². The molecule has 0 saturated heterocycles. The second-order valence-corrected chi connectivity index (χ2v) is 6.34. The number of amides is 1. The van der Waals surface area contributed by atoms with Crippen molar-refractivity contribution in [3.8, 4) is 11.5 Å². The first-order valence-electron chi connectivity index (χ1n) is 8.95. The standard InChI is InChI=1S/C22H22FN3O3/c1-26-12-11-24-22(26)21(16-5-4-6-17(14-16)28-2)25-20(27)10-8-15-7-9-19(29-3)18(23)13-15/h4-14,21H,1-3H3,(H,25,27)/b10-8+. The number of hydrogen-bond donors (Lipinski definition) is 1. The molecule has 1 heterocycles. The van der Waals surface area contributed by atoms with Crippen molar-refractivity contribution in [3.63, 3.8) is 0 Å². The zero-order valence-electron chi connectivity index (χ0n) is 16.4. The van der Waals surface area contributed by atoms with E-state index in [1.54, 1.807) is 25.4 Å². The number of carbonyl (C=O) groups is 1. The highest BCUT2D eigenvalue weighted by Crippen LogP contribution is 2.24. The second kappa shape index (κ2) is 9.05. The van der Waals surface area contributed by atoms with E-state index < -0.39 is 11.9 Å². The largest absolute Gasteiger partial charge is 0.497 e. The smallest absolute Gasteiger partial charge is 0.244 e. The molecular weight excluding hydrogens is 373 g/mol. The Kier molecular flexibility index (Phi) is 6.29. The number of benzene rings is 2. The van der Waals surface area contributed by atoms with Crippen molar-refractivity contribution < 1.29 is 18.7 Å². The maximum absolute atomic E-state index is 13.8. The van der Waals surface area contributed by atoms with E-state index in [0.29, 0.717) is 17.1 Å². The van der Waals surface area contributed by atoms with Crippen LogP contribution in [0.15, 0.2) is 60.9 Å². The maximum Gasteiger partial charge on any atom is 0.244 e. The molecule has 0 aliphatic heterocycles. The fourth-order valence-electron chi connectivity index (χ4n) is 2.92.